The summed E-state index contributed by atoms with van der Waals surface area (Å²) in [5.74, 6) is 0.405. The second kappa shape index (κ2) is 6.87. The zero-order chi connectivity index (χ0) is 13.7. The molecule has 0 aliphatic carbocycles. The maximum absolute atomic E-state index is 13.2. The molecule has 0 aromatic heterocycles. The van der Waals surface area contributed by atoms with Crippen LogP contribution in [-0.2, 0) is 4.74 Å². The predicted molar refractivity (Wildman–Crippen MR) is 72.7 cm³/mol. The first-order valence-corrected chi connectivity index (χ1v) is 6.96. The number of nitrogens with two attached hydrogens (primary N) is 1. The third-order valence-electron chi connectivity index (χ3n) is 3.41. The molecular formula is C15H22FNO2. The molecule has 1 aromatic rings. The summed E-state index contributed by atoms with van der Waals surface area (Å²) in [5, 5.41) is 0. The van der Waals surface area contributed by atoms with Gasteiger partial charge in [0.2, 0.25) is 0 Å². The number of ether oxygens (including phenoxy) is 2. The van der Waals surface area contributed by atoms with Gasteiger partial charge in [0, 0.05) is 18.2 Å². The lowest BCUT2D eigenvalue weighted by atomic mass is 10.1. The number of benzene rings is 1. The van der Waals surface area contributed by atoms with Crippen LogP contribution in [0.1, 0.15) is 44.2 Å². The van der Waals surface area contributed by atoms with E-state index >= 15 is 0 Å². The van der Waals surface area contributed by atoms with Crippen LogP contribution in [0.15, 0.2) is 18.2 Å². The fraction of sp³-hybridized carbons (Fsp3) is 0.600. The van der Waals surface area contributed by atoms with Crippen molar-refractivity contribution in [2.45, 2.75) is 44.8 Å². The van der Waals surface area contributed by atoms with E-state index in [-0.39, 0.29) is 11.9 Å². The van der Waals surface area contributed by atoms with E-state index in [9.17, 15) is 4.39 Å². The first-order chi connectivity index (χ1) is 9.16. The van der Waals surface area contributed by atoms with Crippen molar-refractivity contribution in [2.24, 2.45) is 5.73 Å². The molecule has 2 N–H and O–H groups in total. The first kappa shape index (κ1) is 14.3. The number of rotatable bonds is 6. The van der Waals surface area contributed by atoms with Gasteiger partial charge in [0.25, 0.3) is 0 Å². The molecule has 0 spiro atoms. The quantitative estimate of drug-likeness (QED) is 0.805. The van der Waals surface area contributed by atoms with Gasteiger partial charge in [-0.3, -0.25) is 0 Å². The molecule has 1 heterocycles. The smallest absolute Gasteiger partial charge is 0.124 e. The van der Waals surface area contributed by atoms with Crippen LogP contribution in [0.4, 0.5) is 4.39 Å². The van der Waals surface area contributed by atoms with Crippen LogP contribution in [0.3, 0.4) is 0 Å². The molecule has 1 unspecified atom stereocenters. The highest BCUT2D eigenvalue weighted by Gasteiger charge is 2.15. The van der Waals surface area contributed by atoms with Gasteiger partial charge in [0.1, 0.15) is 11.6 Å². The van der Waals surface area contributed by atoms with Gasteiger partial charge in [-0.15, -0.1) is 0 Å². The number of hydrogen-bond donors (Lipinski definition) is 1. The average Bonchev–Trinajstić information content (AvgIpc) is 2.89. The molecule has 1 aliphatic heterocycles. The summed E-state index contributed by atoms with van der Waals surface area (Å²) in [4.78, 5) is 0. The van der Waals surface area contributed by atoms with Crippen molar-refractivity contribution < 1.29 is 13.9 Å². The minimum atomic E-state index is -0.279. The van der Waals surface area contributed by atoms with Gasteiger partial charge in [-0.1, -0.05) is 0 Å². The minimum Gasteiger partial charge on any atom is -0.493 e. The lowest BCUT2D eigenvalue weighted by Gasteiger charge is -2.15. The maximum atomic E-state index is 13.2. The second-order valence-electron chi connectivity index (χ2n) is 5.10. The third-order valence-corrected chi connectivity index (χ3v) is 3.41. The molecule has 0 amide bonds. The van der Waals surface area contributed by atoms with Crippen LogP contribution in [0.2, 0.25) is 0 Å². The minimum absolute atomic E-state index is 0.233. The zero-order valence-electron chi connectivity index (χ0n) is 11.4. The van der Waals surface area contributed by atoms with E-state index in [0.717, 1.165) is 31.4 Å². The Kier molecular flexibility index (Phi) is 5.16. The maximum Gasteiger partial charge on any atom is 0.124 e. The summed E-state index contributed by atoms with van der Waals surface area (Å²) in [7, 11) is 0. The van der Waals surface area contributed by atoms with Crippen molar-refractivity contribution >= 4 is 0 Å². The van der Waals surface area contributed by atoms with E-state index < -0.39 is 0 Å². The Morgan fingerprint density at radius 1 is 1.53 bits per heavy atom. The summed E-state index contributed by atoms with van der Waals surface area (Å²) < 4.78 is 24.4. The summed E-state index contributed by atoms with van der Waals surface area (Å²) in [6.07, 6.45) is 4.68. The van der Waals surface area contributed by atoms with E-state index in [1.165, 1.54) is 18.6 Å². The Labute approximate surface area is 113 Å². The van der Waals surface area contributed by atoms with Crippen LogP contribution in [0, 0.1) is 5.82 Å². The van der Waals surface area contributed by atoms with Crippen molar-refractivity contribution in [3.8, 4) is 5.75 Å². The molecule has 106 valence electrons. The Morgan fingerprint density at radius 3 is 3.05 bits per heavy atom. The molecule has 1 aromatic carbocycles. The zero-order valence-corrected chi connectivity index (χ0v) is 11.4. The topological polar surface area (TPSA) is 44.5 Å². The van der Waals surface area contributed by atoms with Gasteiger partial charge in [-0.2, -0.15) is 0 Å². The molecule has 2 rings (SSSR count). The fourth-order valence-corrected chi connectivity index (χ4v) is 2.37. The van der Waals surface area contributed by atoms with Crippen LogP contribution in [-0.4, -0.2) is 19.3 Å². The highest BCUT2D eigenvalue weighted by molar-refractivity contribution is 5.36. The Hall–Kier alpha value is -1.13. The molecule has 1 saturated heterocycles. The van der Waals surface area contributed by atoms with Crippen molar-refractivity contribution in [1.82, 2.24) is 0 Å². The summed E-state index contributed by atoms with van der Waals surface area (Å²) >= 11 is 0. The molecule has 0 bridgehead atoms. The number of halogens is 1. The Bertz CT molecular complexity index is 403. The van der Waals surface area contributed by atoms with Gasteiger partial charge >= 0.3 is 0 Å². The standard InChI is InChI=1S/C15H22FNO2/c1-11(17)14-10-12(16)6-7-15(14)19-9-3-5-13-4-2-8-18-13/h6-7,10-11,13H,2-5,8-9,17H2,1H3/t11-,13?/m0/s1. The molecule has 0 radical (unpaired) electrons. The van der Waals surface area contributed by atoms with Crippen molar-refractivity contribution in [2.75, 3.05) is 13.2 Å². The van der Waals surface area contributed by atoms with Crippen LogP contribution < -0.4 is 10.5 Å². The van der Waals surface area contributed by atoms with Crippen LogP contribution >= 0.6 is 0 Å². The Morgan fingerprint density at radius 2 is 2.37 bits per heavy atom. The molecule has 2 atom stereocenters. The van der Waals surface area contributed by atoms with E-state index in [0.29, 0.717) is 18.5 Å². The summed E-state index contributed by atoms with van der Waals surface area (Å²) in [6, 6.07) is 4.27. The van der Waals surface area contributed by atoms with Crippen LogP contribution in [0.5, 0.6) is 5.75 Å². The first-order valence-electron chi connectivity index (χ1n) is 6.96. The third kappa shape index (κ3) is 4.18. The molecule has 3 nitrogen and oxygen atoms in total. The monoisotopic (exact) mass is 267 g/mol. The van der Waals surface area contributed by atoms with E-state index in [4.69, 9.17) is 15.2 Å². The Balaban J connectivity index is 1.81. The normalized spacial score (nSPS) is 20.5. The highest BCUT2D eigenvalue weighted by atomic mass is 19.1. The van der Waals surface area contributed by atoms with Gasteiger partial charge in [-0.25, -0.2) is 4.39 Å². The molecule has 1 fully saturated rings. The molecule has 0 saturated carbocycles. The number of hydrogen-bond acceptors (Lipinski definition) is 3. The highest BCUT2D eigenvalue weighted by Crippen LogP contribution is 2.25. The van der Waals surface area contributed by atoms with Crippen molar-refractivity contribution in [3.63, 3.8) is 0 Å². The van der Waals surface area contributed by atoms with Crippen molar-refractivity contribution in [3.05, 3.63) is 29.6 Å². The van der Waals surface area contributed by atoms with E-state index in [1.807, 2.05) is 6.92 Å². The van der Waals surface area contributed by atoms with Gasteiger partial charge < -0.3 is 15.2 Å². The van der Waals surface area contributed by atoms with Crippen LogP contribution in [0.25, 0.3) is 0 Å². The van der Waals surface area contributed by atoms with E-state index in [2.05, 4.69) is 0 Å². The lowest BCUT2D eigenvalue weighted by molar-refractivity contribution is 0.0980. The lowest BCUT2D eigenvalue weighted by Crippen LogP contribution is -2.11. The molecule has 4 heteroatoms. The van der Waals surface area contributed by atoms with Crippen molar-refractivity contribution in [1.29, 1.82) is 0 Å². The SMILES string of the molecule is C[C@H](N)c1cc(F)ccc1OCCCC1CCCO1. The van der Waals surface area contributed by atoms with Gasteiger partial charge in [0.05, 0.1) is 12.7 Å². The molecule has 1 aliphatic rings. The summed E-state index contributed by atoms with van der Waals surface area (Å²) in [5.41, 5.74) is 6.54. The van der Waals surface area contributed by atoms with Gasteiger partial charge in [-0.05, 0) is 50.8 Å². The van der Waals surface area contributed by atoms with E-state index in [1.54, 1.807) is 6.07 Å². The predicted octanol–water partition coefficient (Wildman–Crippen LogP) is 3.18. The largest absolute Gasteiger partial charge is 0.493 e. The van der Waals surface area contributed by atoms with Gasteiger partial charge in [0.15, 0.2) is 0 Å². The molecule has 19 heavy (non-hydrogen) atoms. The summed E-state index contributed by atoms with van der Waals surface area (Å²) in [6.45, 7) is 3.33. The average molecular weight is 267 g/mol. The molecular weight excluding hydrogens is 245 g/mol. The fourth-order valence-electron chi connectivity index (χ4n) is 2.37. The second-order valence-corrected chi connectivity index (χ2v) is 5.10.